The molecule has 0 amide bonds. The summed E-state index contributed by atoms with van der Waals surface area (Å²) in [5.41, 5.74) is 7.46. The highest BCUT2D eigenvalue weighted by molar-refractivity contribution is 6.07. The van der Waals surface area contributed by atoms with Gasteiger partial charge in [-0.05, 0) is 54.2 Å². The molecule has 0 saturated carbocycles. The number of pyridine rings is 1. The molecule has 160 valence electrons. The second-order valence-corrected chi connectivity index (χ2v) is 9.14. The van der Waals surface area contributed by atoms with E-state index in [0.29, 0.717) is 11.2 Å². The average molecular weight is 418 g/mol. The zero-order chi connectivity index (χ0) is 21.8. The van der Waals surface area contributed by atoms with Gasteiger partial charge in [-0.15, -0.1) is 0 Å². The molecule has 0 fully saturated rings. The first-order chi connectivity index (χ1) is 14.9. The number of quaternary nitrogens is 1. The molecule has 1 aromatic heterocycles. The summed E-state index contributed by atoms with van der Waals surface area (Å²) in [6, 6.07) is 8.52. The Morgan fingerprint density at radius 2 is 1.87 bits per heavy atom. The lowest BCUT2D eigenvalue weighted by Gasteiger charge is -2.29. The molecule has 2 aliphatic rings. The molecule has 0 saturated heterocycles. The van der Waals surface area contributed by atoms with E-state index in [1.54, 1.807) is 7.11 Å². The molecule has 0 spiro atoms. The SMILES string of the molecule is COc1cc2c3c(c4c(c2cc1OCCN(C)C)Cc1ncccc1-4)C=N[N+](C)(C)C3. The normalized spacial score (nSPS) is 15.7. The number of methoxy groups -OCH3 is 1. The van der Waals surface area contributed by atoms with E-state index >= 15 is 0 Å². The zero-order valence-electron chi connectivity index (χ0n) is 18.9. The third-order valence-electron chi connectivity index (χ3n) is 6.19. The van der Waals surface area contributed by atoms with Crippen LogP contribution in [0.1, 0.15) is 22.4 Å². The van der Waals surface area contributed by atoms with Gasteiger partial charge in [-0.3, -0.25) is 4.98 Å². The Labute approximate surface area is 183 Å². The lowest BCUT2D eigenvalue weighted by Crippen LogP contribution is -2.35. The highest BCUT2D eigenvalue weighted by atomic mass is 16.5. The van der Waals surface area contributed by atoms with Crippen molar-refractivity contribution in [3.63, 3.8) is 0 Å². The van der Waals surface area contributed by atoms with Crippen molar-refractivity contribution in [1.29, 1.82) is 0 Å². The Balaban J connectivity index is 1.76. The monoisotopic (exact) mass is 417 g/mol. The molecule has 1 aliphatic carbocycles. The van der Waals surface area contributed by atoms with Gasteiger partial charge in [-0.25, -0.2) is 0 Å². The third kappa shape index (κ3) is 3.36. The molecular formula is C25H29N4O2+. The predicted molar refractivity (Wildman–Crippen MR) is 124 cm³/mol. The van der Waals surface area contributed by atoms with Crippen molar-refractivity contribution in [2.24, 2.45) is 5.10 Å². The molecule has 2 heterocycles. The van der Waals surface area contributed by atoms with Crippen molar-refractivity contribution in [3.8, 4) is 22.6 Å². The molecule has 0 bridgehead atoms. The van der Waals surface area contributed by atoms with Crippen LogP contribution in [0, 0.1) is 0 Å². The number of hydrogen-bond acceptors (Lipinski definition) is 5. The molecule has 0 N–H and O–H groups in total. The van der Waals surface area contributed by atoms with Gasteiger partial charge in [0.2, 0.25) is 0 Å². The smallest absolute Gasteiger partial charge is 0.161 e. The first-order valence-electron chi connectivity index (χ1n) is 10.7. The Hall–Kier alpha value is -2.96. The van der Waals surface area contributed by atoms with E-state index in [-0.39, 0.29) is 0 Å². The first-order valence-corrected chi connectivity index (χ1v) is 10.7. The molecule has 31 heavy (non-hydrogen) atoms. The van der Waals surface area contributed by atoms with Gasteiger partial charge in [0.05, 0.1) is 33.1 Å². The summed E-state index contributed by atoms with van der Waals surface area (Å²) in [6.45, 7) is 2.29. The molecule has 6 heteroatoms. The summed E-state index contributed by atoms with van der Waals surface area (Å²) in [4.78, 5) is 6.79. The van der Waals surface area contributed by atoms with Crippen LogP contribution in [0.4, 0.5) is 0 Å². The summed E-state index contributed by atoms with van der Waals surface area (Å²) >= 11 is 0. The van der Waals surface area contributed by atoms with Gasteiger partial charge in [0.25, 0.3) is 0 Å². The molecule has 1 aliphatic heterocycles. The fourth-order valence-electron chi connectivity index (χ4n) is 4.68. The summed E-state index contributed by atoms with van der Waals surface area (Å²) in [7, 11) is 10.1. The van der Waals surface area contributed by atoms with Gasteiger partial charge in [-0.2, -0.15) is 4.59 Å². The maximum atomic E-state index is 6.16. The second kappa shape index (κ2) is 7.32. The summed E-state index contributed by atoms with van der Waals surface area (Å²) < 4.78 is 12.5. The molecule has 0 unspecified atom stereocenters. The zero-order valence-corrected chi connectivity index (χ0v) is 18.9. The predicted octanol–water partition coefficient (Wildman–Crippen LogP) is 3.68. The van der Waals surface area contributed by atoms with Crippen molar-refractivity contribution in [1.82, 2.24) is 9.88 Å². The fraction of sp³-hybridized carbons (Fsp3) is 0.360. The number of aromatic nitrogens is 1. The highest BCUT2D eigenvalue weighted by Crippen LogP contribution is 2.47. The number of benzene rings is 2. The van der Waals surface area contributed by atoms with Gasteiger partial charge in [0.15, 0.2) is 11.5 Å². The van der Waals surface area contributed by atoms with Gasteiger partial charge >= 0.3 is 0 Å². The Morgan fingerprint density at radius 3 is 2.65 bits per heavy atom. The quantitative estimate of drug-likeness (QED) is 0.465. The van der Waals surface area contributed by atoms with E-state index in [4.69, 9.17) is 14.6 Å². The largest absolute Gasteiger partial charge is 0.493 e. The fourth-order valence-corrected chi connectivity index (χ4v) is 4.68. The molecule has 2 aromatic carbocycles. The number of nitrogens with zero attached hydrogens (tertiary/aromatic N) is 4. The molecule has 0 atom stereocenters. The number of fused-ring (bicyclic) bond motifs is 8. The van der Waals surface area contributed by atoms with Crippen molar-refractivity contribution < 1.29 is 14.1 Å². The second-order valence-electron chi connectivity index (χ2n) is 9.14. The number of ether oxygens (including phenoxy) is 2. The number of likely N-dealkylation sites (N-methyl/N-ethyl adjacent to an activating group) is 1. The van der Waals surface area contributed by atoms with Gasteiger partial charge < -0.3 is 14.4 Å². The average Bonchev–Trinajstić information content (AvgIpc) is 3.12. The van der Waals surface area contributed by atoms with Crippen molar-refractivity contribution in [2.75, 3.05) is 48.5 Å². The van der Waals surface area contributed by atoms with Gasteiger partial charge in [0.1, 0.15) is 13.2 Å². The van der Waals surface area contributed by atoms with Crippen molar-refractivity contribution in [2.45, 2.75) is 13.0 Å². The van der Waals surface area contributed by atoms with Crippen molar-refractivity contribution in [3.05, 3.63) is 52.8 Å². The van der Waals surface area contributed by atoms with Crippen LogP contribution >= 0.6 is 0 Å². The minimum absolute atomic E-state index is 0.574. The summed E-state index contributed by atoms with van der Waals surface area (Å²) in [5.74, 6) is 1.57. The van der Waals surface area contributed by atoms with Crippen LogP contribution in [0.3, 0.4) is 0 Å². The lowest BCUT2D eigenvalue weighted by atomic mass is 9.88. The first kappa shape index (κ1) is 20.0. The van der Waals surface area contributed by atoms with E-state index in [1.807, 2.05) is 32.6 Å². The Morgan fingerprint density at radius 1 is 1.10 bits per heavy atom. The van der Waals surface area contributed by atoms with Crippen LogP contribution in [0.15, 0.2) is 35.6 Å². The summed E-state index contributed by atoms with van der Waals surface area (Å²) in [6.07, 6.45) is 4.75. The number of hydrogen-bond donors (Lipinski definition) is 0. The molecule has 3 aromatic rings. The van der Waals surface area contributed by atoms with Gasteiger partial charge in [-0.1, -0.05) is 11.2 Å². The van der Waals surface area contributed by atoms with Crippen LogP contribution in [-0.2, 0) is 13.0 Å². The van der Waals surface area contributed by atoms with Crippen LogP contribution in [0.2, 0.25) is 0 Å². The topological polar surface area (TPSA) is 47.0 Å². The van der Waals surface area contributed by atoms with E-state index in [9.17, 15) is 0 Å². The minimum atomic E-state index is 0.574. The van der Waals surface area contributed by atoms with Crippen LogP contribution < -0.4 is 9.47 Å². The van der Waals surface area contributed by atoms with E-state index in [2.05, 4.69) is 42.2 Å². The molecule has 5 rings (SSSR count). The molecular weight excluding hydrogens is 388 g/mol. The van der Waals surface area contributed by atoms with E-state index < -0.39 is 0 Å². The minimum Gasteiger partial charge on any atom is -0.493 e. The van der Waals surface area contributed by atoms with Gasteiger partial charge in [0, 0.05) is 35.9 Å². The van der Waals surface area contributed by atoms with Crippen LogP contribution in [-0.4, -0.2) is 69.1 Å². The number of rotatable bonds is 5. The molecule has 0 radical (unpaired) electrons. The van der Waals surface area contributed by atoms with Crippen LogP contribution in [0.5, 0.6) is 11.5 Å². The van der Waals surface area contributed by atoms with E-state index in [1.165, 1.54) is 38.6 Å². The van der Waals surface area contributed by atoms with Crippen molar-refractivity contribution >= 4 is 17.0 Å². The third-order valence-corrected chi connectivity index (χ3v) is 6.19. The summed E-state index contributed by atoms with van der Waals surface area (Å²) in [5, 5.41) is 7.25. The highest BCUT2D eigenvalue weighted by Gasteiger charge is 2.33. The lowest BCUT2D eigenvalue weighted by molar-refractivity contribution is -0.910. The Bertz CT molecular complexity index is 1210. The maximum absolute atomic E-state index is 6.16. The Kier molecular flexibility index (Phi) is 4.72. The van der Waals surface area contributed by atoms with E-state index in [0.717, 1.165) is 36.7 Å². The molecule has 6 nitrogen and oxygen atoms in total. The maximum Gasteiger partial charge on any atom is 0.161 e. The van der Waals surface area contributed by atoms with Crippen LogP contribution in [0.25, 0.3) is 21.9 Å². The standard InChI is InChI=1S/C25H29N4O2/c1-28(2)9-10-31-24-13-17-18(12-23(24)30-5)21-15-29(3,4)27-14-20(21)25-16-7-6-8-26-22(16)11-19(17)25/h6-8,12-14H,9-11,15H2,1-5H3/q+1.